The van der Waals surface area contributed by atoms with Crippen molar-refractivity contribution in [1.29, 1.82) is 0 Å². The molecule has 2 fully saturated rings. The summed E-state index contributed by atoms with van der Waals surface area (Å²) in [6.45, 7) is 0. The maximum absolute atomic E-state index is 14.2. The zero-order valence-electron chi connectivity index (χ0n) is 10.0. The van der Waals surface area contributed by atoms with Crippen LogP contribution < -0.4 is 5.73 Å². The Hall–Kier alpha value is -0.120. The van der Waals surface area contributed by atoms with E-state index < -0.39 is 0 Å². The predicted molar refractivity (Wildman–Crippen MR) is 75.0 cm³/mol. The van der Waals surface area contributed by atoms with Gasteiger partial charge in [-0.15, -0.1) is 0 Å². The zero-order valence-corrected chi connectivity index (χ0v) is 12.3. The summed E-state index contributed by atoms with van der Waals surface area (Å²) in [6, 6.07) is 3.33. The average Bonchev–Trinajstić information content (AvgIpc) is 2.97. The Kier molecular flexibility index (Phi) is 3.41. The smallest absolute Gasteiger partial charge is 0.147 e. The fraction of sp³-hybridized carbons (Fsp3) is 0.571. The number of rotatable bonds is 2. The van der Waals surface area contributed by atoms with Gasteiger partial charge in [0.15, 0.2) is 0 Å². The molecule has 2 saturated carbocycles. The van der Waals surface area contributed by atoms with Crippen LogP contribution in [0.2, 0.25) is 5.02 Å². The first-order chi connectivity index (χ1) is 8.58. The minimum atomic E-state index is -0.360. The quantitative estimate of drug-likeness (QED) is 0.782. The van der Waals surface area contributed by atoms with E-state index in [1.54, 1.807) is 12.1 Å². The van der Waals surface area contributed by atoms with E-state index in [0.717, 1.165) is 12.3 Å². The van der Waals surface area contributed by atoms with Crippen LogP contribution in [-0.4, -0.2) is 0 Å². The summed E-state index contributed by atoms with van der Waals surface area (Å²) in [7, 11) is 0. The summed E-state index contributed by atoms with van der Waals surface area (Å²) in [6.07, 6.45) is 5.02. The third-order valence-corrected chi connectivity index (χ3v) is 5.94. The molecule has 18 heavy (non-hydrogen) atoms. The second-order valence-electron chi connectivity index (χ2n) is 5.63. The molecule has 0 amide bonds. The van der Waals surface area contributed by atoms with Crippen molar-refractivity contribution < 1.29 is 4.39 Å². The minimum Gasteiger partial charge on any atom is -0.324 e. The van der Waals surface area contributed by atoms with E-state index in [-0.39, 0.29) is 16.9 Å². The van der Waals surface area contributed by atoms with Crippen LogP contribution in [-0.2, 0) is 0 Å². The van der Waals surface area contributed by atoms with Crippen molar-refractivity contribution in [2.75, 3.05) is 0 Å². The van der Waals surface area contributed by atoms with E-state index in [1.165, 1.54) is 19.3 Å². The average molecular weight is 333 g/mol. The van der Waals surface area contributed by atoms with Crippen LogP contribution >= 0.6 is 27.5 Å². The highest BCUT2D eigenvalue weighted by atomic mass is 79.9. The van der Waals surface area contributed by atoms with E-state index >= 15 is 0 Å². The predicted octanol–water partition coefficient (Wildman–Crippen LogP) is 4.68. The lowest BCUT2D eigenvalue weighted by Crippen LogP contribution is -2.26. The molecule has 0 aliphatic heterocycles. The van der Waals surface area contributed by atoms with Gasteiger partial charge in [-0.25, -0.2) is 4.39 Å². The molecule has 0 radical (unpaired) electrons. The molecule has 0 aromatic heterocycles. The molecule has 2 aliphatic rings. The fourth-order valence-corrected chi connectivity index (χ4v) is 4.24. The molecule has 3 rings (SSSR count). The number of nitrogens with two attached hydrogens (primary N) is 1. The third kappa shape index (κ3) is 2.00. The monoisotopic (exact) mass is 331 g/mol. The zero-order chi connectivity index (χ0) is 12.9. The van der Waals surface area contributed by atoms with Gasteiger partial charge in [0.1, 0.15) is 5.82 Å². The molecule has 4 heteroatoms. The molecule has 0 heterocycles. The summed E-state index contributed by atoms with van der Waals surface area (Å²) in [5.74, 6) is 1.57. The fourth-order valence-electron chi connectivity index (χ4n) is 3.76. The Morgan fingerprint density at radius 2 is 2.11 bits per heavy atom. The Morgan fingerprint density at radius 1 is 1.33 bits per heavy atom. The Labute approximate surface area is 120 Å². The number of hydrogen-bond acceptors (Lipinski definition) is 1. The van der Waals surface area contributed by atoms with Gasteiger partial charge in [0.05, 0.1) is 5.02 Å². The van der Waals surface area contributed by atoms with Crippen LogP contribution in [0, 0.1) is 23.6 Å². The van der Waals surface area contributed by atoms with Crippen LogP contribution in [0.3, 0.4) is 0 Å². The molecule has 98 valence electrons. The molecule has 0 spiro atoms. The van der Waals surface area contributed by atoms with Crippen LogP contribution in [0.1, 0.15) is 37.3 Å². The molecule has 2 bridgehead atoms. The van der Waals surface area contributed by atoms with Crippen molar-refractivity contribution >= 4 is 27.5 Å². The first kappa shape index (κ1) is 12.9. The highest BCUT2D eigenvalue weighted by Crippen LogP contribution is 2.52. The third-order valence-electron chi connectivity index (χ3n) is 4.68. The van der Waals surface area contributed by atoms with E-state index in [1.807, 2.05) is 0 Å². The van der Waals surface area contributed by atoms with Crippen LogP contribution in [0.5, 0.6) is 0 Å². The van der Waals surface area contributed by atoms with Crippen molar-refractivity contribution in [2.24, 2.45) is 23.5 Å². The Morgan fingerprint density at radius 3 is 2.72 bits per heavy atom. The Balaban J connectivity index is 1.89. The number of benzene rings is 1. The molecule has 4 unspecified atom stereocenters. The van der Waals surface area contributed by atoms with Gasteiger partial charge in [0.25, 0.3) is 0 Å². The number of halogens is 3. The lowest BCUT2D eigenvalue weighted by molar-refractivity contribution is 0.280. The van der Waals surface area contributed by atoms with E-state index in [9.17, 15) is 4.39 Å². The van der Waals surface area contributed by atoms with Gasteiger partial charge in [0.2, 0.25) is 0 Å². The van der Waals surface area contributed by atoms with Gasteiger partial charge in [-0.1, -0.05) is 24.1 Å². The van der Waals surface area contributed by atoms with Gasteiger partial charge in [0, 0.05) is 16.1 Å². The number of fused-ring (bicyclic) bond motifs is 2. The summed E-state index contributed by atoms with van der Waals surface area (Å²) < 4.78 is 14.8. The minimum absolute atomic E-state index is 0.145. The van der Waals surface area contributed by atoms with Crippen molar-refractivity contribution in [2.45, 2.75) is 31.7 Å². The van der Waals surface area contributed by atoms with E-state index in [0.29, 0.717) is 21.9 Å². The van der Waals surface area contributed by atoms with Crippen molar-refractivity contribution in [1.82, 2.24) is 0 Å². The SMILES string of the molecule is NC(c1ccc(Br)c(Cl)c1F)C1CC2CCC1C2. The summed E-state index contributed by atoms with van der Waals surface area (Å²) >= 11 is 9.17. The molecule has 1 nitrogen and oxygen atoms in total. The van der Waals surface area contributed by atoms with Crippen molar-refractivity contribution in [3.8, 4) is 0 Å². The summed E-state index contributed by atoms with van der Waals surface area (Å²) in [5.41, 5.74) is 6.86. The van der Waals surface area contributed by atoms with Gasteiger partial charge in [-0.2, -0.15) is 0 Å². The van der Waals surface area contributed by atoms with Crippen LogP contribution in [0.4, 0.5) is 4.39 Å². The topological polar surface area (TPSA) is 26.0 Å². The standard InChI is InChI=1S/C14H16BrClFN/c15-11-4-3-9(13(17)12(11)16)14(18)10-6-7-1-2-8(10)5-7/h3-4,7-8,10,14H,1-2,5-6,18H2. The van der Waals surface area contributed by atoms with Crippen molar-refractivity contribution in [3.05, 3.63) is 33.0 Å². The van der Waals surface area contributed by atoms with Gasteiger partial charge >= 0.3 is 0 Å². The van der Waals surface area contributed by atoms with Crippen LogP contribution in [0.15, 0.2) is 16.6 Å². The van der Waals surface area contributed by atoms with Crippen molar-refractivity contribution in [3.63, 3.8) is 0 Å². The molecule has 4 atom stereocenters. The summed E-state index contributed by atoms with van der Waals surface area (Å²) in [5, 5.41) is 0.145. The molecule has 2 N–H and O–H groups in total. The normalized spacial score (nSPS) is 31.9. The second kappa shape index (κ2) is 4.77. The maximum atomic E-state index is 14.2. The lowest BCUT2D eigenvalue weighted by atomic mass is 9.81. The van der Waals surface area contributed by atoms with E-state index in [2.05, 4.69) is 15.9 Å². The van der Waals surface area contributed by atoms with Gasteiger partial charge in [-0.3, -0.25) is 0 Å². The molecule has 2 aliphatic carbocycles. The number of hydrogen-bond donors (Lipinski definition) is 1. The Bertz CT molecular complexity index is 479. The van der Waals surface area contributed by atoms with E-state index in [4.69, 9.17) is 17.3 Å². The van der Waals surface area contributed by atoms with Crippen LogP contribution in [0.25, 0.3) is 0 Å². The molecule has 1 aromatic carbocycles. The largest absolute Gasteiger partial charge is 0.324 e. The highest BCUT2D eigenvalue weighted by molar-refractivity contribution is 9.10. The second-order valence-corrected chi connectivity index (χ2v) is 6.86. The first-order valence-electron chi connectivity index (χ1n) is 6.47. The molecular weight excluding hydrogens is 317 g/mol. The molecule has 0 saturated heterocycles. The maximum Gasteiger partial charge on any atom is 0.147 e. The first-order valence-corrected chi connectivity index (χ1v) is 7.64. The molecule has 1 aromatic rings. The molecular formula is C14H16BrClFN. The lowest BCUT2D eigenvalue weighted by Gasteiger charge is -2.28. The van der Waals surface area contributed by atoms with Gasteiger partial charge in [-0.05, 0) is 59.0 Å². The van der Waals surface area contributed by atoms with Gasteiger partial charge < -0.3 is 5.73 Å². The highest BCUT2D eigenvalue weighted by Gasteiger charge is 2.43. The summed E-state index contributed by atoms with van der Waals surface area (Å²) in [4.78, 5) is 0.